The van der Waals surface area contributed by atoms with Gasteiger partial charge in [0.25, 0.3) is 0 Å². The maximum absolute atomic E-state index is 5.91. The van der Waals surface area contributed by atoms with Crippen molar-refractivity contribution in [1.82, 2.24) is 4.98 Å². The molecule has 0 saturated heterocycles. The highest BCUT2D eigenvalue weighted by molar-refractivity contribution is 6.32. The van der Waals surface area contributed by atoms with Crippen LogP contribution in [0.25, 0.3) is 0 Å². The predicted octanol–water partition coefficient (Wildman–Crippen LogP) is 3.49. The number of pyridine rings is 1. The maximum Gasteiger partial charge on any atom is 0.170 e. The standard InChI is InChI=1S/C12H9ClN2/c13-11-7-4-8-14-12(11)15-9-10-5-2-1-3-6-10/h1-9H/b15-9-. The topological polar surface area (TPSA) is 25.2 Å². The molecule has 0 saturated carbocycles. The fourth-order valence-corrected chi connectivity index (χ4v) is 1.32. The lowest BCUT2D eigenvalue weighted by Gasteiger charge is -1.95. The first kappa shape index (κ1) is 9.87. The molecule has 0 bridgehead atoms. The van der Waals surface area contributed by atoms with Crippen molar-refractivity contribution in [2.45, 2.75) is 0 Å². The minimum absolute atomic E-state index is 0.544. The molecule has 1 aromatic heterocycles. The largest absolute Gasteiger partial charge is 0.236 e. The van der Waals surface area contributed by atoms with Crippen LogP contribution in [-0.4, -0.2) is 11.2 Å². The minimum atomic E-state index is 0.544. The zero-order chi connectivity index (χ0) is 10.5. The van der Waals surface area contributed by atoms with Gasteiger partial charge >= 0.3 is 0 Å². The van der Waals surface area contributed by atoms with Gasteiger partial charge in [0, 0.05) is 12.4 Å². The van der Waals surface area contributed by atoms with E-state index in [1.807, 2.05) is 30.3 Å². The van der Waals surface area contributed by atoms with Gasteiger partial charge in [-0.1, -0.05) is 41.9 Å². The molecule has 0 aliphatic carbocycles. The molecule has 0 N–H and O–H groups in total. The highest BCUT2D eigenvalue weighted by atomic mass is 35.5. The van der Waals surface area contributed by atoms with Crippen LogP contribution in [0.5, 0.6) is 0 Å². The molecule has 74 valence electrons. The summed E-state index contributed by atoms with van der Waals surface area (Å²) in [5, 5.41) is 0.560. The lowest BCUT2D eigenvalue weighted by Crippen LogP contribution is -1.80. The van der Waals surface area contributed by atoms with Crippen LogP contribution in [0.3, 0.4) is 0 Å². The number of benzene rings is 1. The highest BCUT2D eigenvalue weighted by Crippen LogP contribution is 2.20. The van der Waals surface area contributed by atoms with Gasteiger partial charge in [0.2, 0.25) is 0 Å². The summed E-state index contributed by atoms with van der Waals surface area (Å²) in [6, 6.07) is 13.4. The molecule has 0 spiro atoms. The second-order valence-electron chi connectivity index (χ2n) is 2.98. The maximum atomic E-state index is 5.91. The monoisotopic (exact) mass is 216 g/mol. The molecule has 2 rings (SSSR count). The number of hydrogen-bond donors (Lipinski definition) is 0. The molecule has 3 heteroatoms. The number of rotatable bonds is 2. The Hall–Kier alpha value is -1.67. The van der Waals surface area contributed by atoms with Crippen LogP contribution >= 0.6 is 11.6 Å². The first-order chi connectivity index (χ1) is 7.36. The summed E-state index contributed by atoms with van der Waals surface area (Å²) in [6.07, 6.45) is 3.41. The van der Waals surface area contributed by atoms with E-state index in [4.69, 9.17) is 11.6 Å². The van der Waals surface area contributed by atoms with Crippen LogP contribution in [0.2, 0.25) is 5.02 Å². The summed E-state index contributed by atoms with van der Waals surface area (Å²) in [5.74, 6) is 0.544. The summed E-state index contributed by atoms with van der Waals surface area (Å²) in [7, 11) is 0. The van der Waals surface area contributed by atoms with Gasteiger partial charge in [0.15, 0.2) is 5.82 Å². The Labute approximate surface area is 93.3 Å². The smallest absolute Gasteiger partial charge is 0.170 e. The summed E-state index contributed by atoms with van der Waals surface area (Å²) in [5.41, 5.74) is 1.03. The molecule has 2 aromatic rings. The van der Waals surface area contributed by atoms with Gasteiger partial charge in [0.05, 0.1) is 5.02 Å². The van der Waals surface area contributed by atoms with E-state index in [1.165, 1.54) is 0 Å². The molecule has 1 aromatic carbocycles. The molecular formula is C12H9ClN2. The van der Waals surface area contributed by atoms with Gasteiger partial charge in [-0.15, -0.1) is 0 Å². The van der Waals surface area contributed by atoms with Crippen molar-refractivity contribution in [2.75, 3.05) is 0 Å². The van der Waals surface area contributed by atoms with Crippen LogP contribution in [0.4, 0.5) is 5.82 Å². The molecule has 2 nitrogen and oxygen atoms in total. The molecule has 0 aliphatic rings. The van der Waals surface area contributed by atoms with E-state index >= 15 is 0 Å². The van der Waals surface area contributed by atoms with Gasteiger partial charge in [-0.05, 0) is 17.7 Å². The lowest BCUT2D eigenvalue weighted by molar-refractivity contribution is 1.28. The average molecular weight is 217 g/mol. The Morgan fingerprint density at radius 2 is 1.87 bits per heavy atom. The second kappa shape index (κ2) is 4.71. The van der Waals surface area contributed by atoms with Crippen LogP contribution in [0.15, 0.2) is 53.7 Å². The van der Waals surface area contributed by atoms with Crippen molar-refractivity contribution in [3.63, 3.8) is 0 Å². The van der Waals surface area contributed by atoms with Crippen molar-refractivity contribution < 1.29 is 0 Å². The quantitative estimate of drug-likeness (QED) is 0.706. The third-order valence-electron chi connectivity index (χ3n) is 1.87. The van der Waals surface area contributed by atoms with E-state index in [0.717, 1.165) is 5.56 Å². The Balaban J connectivity index is 2.23. The third kappa shape index (κ3) is 2.64. The number of aliphatic imine (C=N–C) groups is 1. The average Bonchev–Trinajstić information content (AvgIpc) is 2.29. The summed E-state index contributed by atoms with van der Waals surface area (Å²) < 4.78 is 0. The van der Waals surface area contributed by atoms with Crippen molar-refractivity contribution in [3.8, 4) is 0 Å². The van der Waals surface area contributed by atoms with E-state index in [9.17, 15) is 0 Å². The molecule has 0 radical (unpaired) electrons. The van der Waals surface area contributed by atoms with Crippen molar-refractivity contribution >= 4 is 23.6 Å². The zero-order valence-corrected chi connectivity index (χ0v) is 8.72. The van der Waals surface area contributed by atoms with Crippen LogP contribution in [0, 0.1) is 0 Å². The van der Waals surface area contributed by atoms with Gasteiger partial charge in [-0.2, -0.15) is 0 Å². The summed E-state index contributed by atoms with van der Waals surface area (Å²) in [6.45, 7) is 0. The highest BCUT2D eigenvalue weighted by Gasteiger charge is 1.95. The molecule has 15 heavy (non-hydrogen) atoms. The van der Waals surface area contributed by atoms with Gasteiger partial charge in [0.1, 0.15) is 0 Å². The lowest BCUT2D eigenvalue weighted by atomic mass is 10.2. The minimum Gasteiger partial charge on any atom is -0.236 e. The molecule has 1 heterocycles. The van der Waals surface area contributed by atoms with Crippen molar-refractivity contribution in [3.05, 3.63) is 59.2 Å². The Morgan fingerprint density at radius 3 is 2.60 bits per heavy atom. The molecular weight excluding hydrogens is 208 g/mol. The summed E-state index contributed by atoms with van der Waals surface area (Å²) >= 11 is 5.91. The van der Waals surface area contributed by atoms with E-state index < -0.39 is 0 Å². The molecule has 0 amide bonds. The van der Waals surface area contributed by atoms with Crippen LogP contribution in [-0.2, 0) is 0 Å². The van der Waals surface area contributed by atoms with E-state index in [2.05, 4.69) is 9.98 Å². The Bertz CT molecular complexity index is 466. The molecule has 0 fully saturated rings. The van der Waals surface area contributed by atoms with Gasteiger partial charge in [-0.25, -0.2) is 9.98 Å². The van der Waals surface area contributed by atoms with Gasteiger partial charge < -0.3 is 0 Å². The normalized spacial score (nSPS) is 10.7. The Morgan fingerprint density at radius 1 is 1.07 bits per heavy atom. The molecule has 0 atom stereocenters. The fourth-order valence-electron chi connectivity index (χ4n) is 1.15. The second-order valence-corrected chi connectivity index (χ2v) is 3.38. The first-order valence-electron chi connectivity index (χ1n) is 4.56. The SMILES string of the molecule is Clc1cccnc1/N=C\c1ccccc1. The van der Waals surface area contributed by atoms with Crippen molar-refractivity contribution in [1.29, 1.82) is 0 Å². The third-order valence-corrected chi connectivity index (χ3v) is 2.17. The number of hydrogen-bond acceptors (Lipinski definition) is 2. The van der Waals surface area contributed by atoms with Crippen molar-refractivity contribution in [2.24, 2.45) is 4.99 Å². The van der Waals surface area contributed by atoms with Gasteiger partial charge in [-0.3, -0.25) is 0 Å². The zero-order valence-electron chi connectivity index (χ0n) is 7.97. The predicted molar refractivity (Wildman–Crippen MR) is 62.9 cm³/mol. The van der Waals surface area contributed by atoms with Crippen LogP contribution in [0.1, 0.15) is 5.56 Å². The molecule has 0 aliphatic heterocycles. The first-order valence-corrected chi connectivity index (χ1v) is 4.94. The Kier molecular flexibility index (Phi) is 3.10. The summed E-state index contributed by atoms with van der Waals surface area (Å²) in [4.78, 5) is 8.27. The van der Waals surface area contributed by atoms with E-state index in [-0.39, 0.29) is 0 Å². The van der Waals surface area contributed by atoms with E-state index in [0.29, 0.717) is 10.8 Å². The number of halogens is 1. The fraction of sp³-hybridized carbons (Fsp3) is 0. The van der Waals surface area contributed by atoms with E-state index in [1.54, 1.807) is 24.5 Å². The number of nitrogens with zero attached hydrogens (tertiary/aromatic N) is 2. The van der Waals surface area contributed by atoms with Crippen LogP contribution < -0.4 is 0 Å². The molecule has 0 unspecified atom stereocenters. The number of aromatic nitrogens is 1.